The van der Waals surface area contributed by atoms with Gasteiger partial charge >= 0.3 is 11.9 Å². The van der Waals surface area contributed by atoms with Gasteiger partial charge in [0.05, 0.1) is 7.11 Å². The van der Waals surface area contributed by atoms with Crippen LogP contribution in [-0.2, 0) is 14.3 Å². The van der Waals surface area contributed by atoms with Gasteiger partial charge in [-0.25, -0.2) is 4.79 Å². The normalized spacial score (nSPS) is 22.7. The number of likely N-dealkylation sites (tertiary alicyclic amines) is 1. The molecule has 0 saturated carbocycles. The van der Waals surface area contributed by atoms with E-state index in [0.29, 0.717) is 19.0 Å². The van der Waals surface area contributed by atoms with Crippen molar-refractivity contribution in [2.45, 2.75) is 26.2 Å². The molecule has 80 valence electrons. The molecule has 1 unspecified atom stereocenters. The second-order valence-electron chi connectivity index (χ2n) is 3.82. The predicted molar refractivity (Wildman–Crippen MR) is 51.6 cm³/mol. The quantitative estimate of drug-likeness (QED) is 0.428. The molecule has 1 heterocycles. The molecule has 14 heavy (non-hydrogen) atoms. The van der Waals surface area contributed by atoms with E-state index in [9.17, 15) is 9.59 Å². The maximum absolute atomic E-state index is 11.4. The third-order valence-electron chi connectivity index (χ3n) is 2.66. The summed E-state index contributed by atoms with van der Waals surface area (Å²) in [6.07, 6.45) is 3.08. The van der Waals surface area contributed by atoms with Gasteiger partial charge in [0.25, 0.3) is 0 Å². The van der Waals surface area contributed by atoms with Gasteiger partial charge in [-0.1, -0.05) is 6.92 Å². The van der Waals surface area contributed by atoms with E-state index in [0.717, 1.165) is 19.3 Å². The SMILES string of the molecule is COC(=O)C(=O)N1CCCC(C)CC1. The number of amides is 1. The van der Waals surface area contributed by atoms with Gasteiger partial charge in [-0.3, -0.25) is 4.79 Å². The Balaban J connectivity index is 2.51. The first-order valence-corrected chi connectivity index (χ1v) is 5.02. The molecule has 4 heteroatoms. The number of hydrogen-bond acceptors (Lipinski definition) is 3. The maximum Gasteiger partial charge on any atom is 0.396 e. The molecule has 1 saturated heterocycles. The van der Waals surface area contributed by atoms with E-state index in [2.05, 4.69) is 11.7 Å². The lowest BCUT2D eigenvalue weighted by molar-refractivity contribution is -0.158. The standard InChI is InChI=1S/C10H17NO3/c1-8-4-3-6-11(7-5-8)9(12)10(13)14-2/h8H,3-7H2,1-2H3. The summed E-state index contributed by atoms with van der Waals surface area (Å²) >= 11 is 0. The van der Waals surface area contributed by atoms with Crippen LogP contribution in [0.25, 0.3) is 0 Å². The first-order chi connectivity index (χ1) is 6.65. The summed E-state index contributed by atoms with van der Waals surface area (Å²) in [7, 11) is 1.24. The Bertz CT molecular complexity index is 227. The lowest BCUT2D eigenvalue weighted by atomic mass is 10.0. The van der Waals surface area contributed by atoms with Gasteiger partial charge in [0.1, 0.15) is 0 Å². The van der Waals surface area contributed by atoms with Gasteiger partial charge in [0, 0.05) is 13.1 Å². The number of esters is 1. The second kappa shape index (κ2) is 4.98. The minimum absolute atomic E-state index is 0.499. The first kappa shape index (κ1) is 11.0. The number of carbonyl (C=O) groups is 2. The molecule has 1 aliphatic rings. The van der Waals surface area contributed by atoms with E-state index in [1.54, 1.807) is 4.90 Å². The first-order valence-electron chi connectivity index (χ1n) is 5.02. The van der Waals surface area contributed by atoms with Crippen molar-refractivity contribution in [3.05, 3.63) is 0 Å². The molecule has 0 N–H and O–H groups in total. The number of ether oxygens (including phenoxy) is 1. The fourth-order valence-corrected chi connectivity index (χ4v) is 1.68. The Morgan fingerprint density at radius 3 is 2.64 bits per heavy atom. The predicted octanol–water partition coefficient (Wildman–Crippen LogP) is 0.808. The topological polar surface area (TPSA) is 46.6 Å². The number of nitrogens with zero attached hydrogens (tertiary/aromatic N) is 1. The lowest BCUT2D eigenvalue weighted by Crippen LogP contribution is -2.37. The van der Waals surface area contributed by atoms with E-state index in [4.69, 9.17) is 0 Å². The molecule has 1 atom stereocenters. The summed E-state index contributed by atoms with van der Waals surface area (Å²) in [4.78, 5) is 24.0. The average Bonchev–Trinajstić information content (AvgIpc) is 2.40. The molecule has 0 aromatic rings. The van der Waals surface area contributed by atoms with Gasteiger partial charge in [0.15, 0.2) is 0 Å². The highest BCUT2D eigenvalue weighted by Gasteiger charge is 2.24. The molecule has 0 radical (unpaired) electrons. The van der Waals surface area contributed by atoms with E-state index in [1.165, 1.54) is 7.11 Å². The van der Waals surface area contributed by atoms with Gasteiger partial charge < -0.3 is 9.64 Å². The highest BCUT2D eigenvalue weighted by Crippen LogP contribution is 2.16. The Morgan fingerprint density at radius 1 is 1.29 bits per heavy atom. The van der Waals surface area contributed by atoms with Crippen molar-refractivity contribution in [3.8, 4) is 0 Å². The van der Waals surface area contributed by atoms with Gasteiger partial charge in [-0.15, -0.1) is 0 Å². The zero-order valence-corrected chi connectivity index (χ0v) is 8.78. The maximum atomic E-state index is 11.4. The molecule has 1 aliphatic heterocycles. The summed E-state index contributed by atoms with van der Waals surface area (Å²) in [5.41, 5.74) is 0. The third kappa shape index (κ3) is 2.72. The summed E-state index contributed by atoms with van der Waals surface area (Å²) in [5, 5.41) is 0. The van der Waals surface area contributed by atoms with Crippen LogP contribution in [0.15, 0.2) is 0 Å². The summed E-state index contributed by atoms with van der Waals surface area (Å²) in [6.45, 7) is 3.53. The zero-order valence-electron chi connectivity index (χ0n) is 8.78. The molecule has 0 bridgehead atoms. The van der Waals surface area contributed by atoms with E-state index in [1.807, 2.05) is 0 Å². The van der Waals surface area contributed by atoms with Crippen molar-refractivity contribution in [2.24, 2.45) is 5.92 Å². The Kier molecular flexibility index (Phi) is 3.92. The van der Waals surface area contributed by atoms with Gasteiger partial charge in [0.2, 0.25) is 0 Å². The molecule has 0 spiro atoms. The van der Waals surface area contributed by atoms with Crippen LogP contribution >= 0.6 is 0 Å². The smallest absolute Gasteiger partial charge is 0.396 e. The Morgan fingerprint density at radius 2 is 2.00 bits per heavy atom. The summed E-state index contributed by atoms with van der Waals surface area (Å²) in [5.74, 6) is -0.605. The van der Waals surface area contributed by atoms with Crippen LogP contribution in [0.2, 0.25) is 0 Å². The molecule has 0 aromatic carbocycles. The van der Waals surface area contributed by atoms with Crippen LogP contribution < -0.4 is 0 Å². The van der Waals surface area contributed by atoms with Crippen molar-refractivity contribution in [1.82, 2.24) is 4.90 Å². The molecule has 0 aromatic heterocycles. The van der Waals surface area contributed by atoms with Crippen LogP contribution in [0.3, 0.4) is 0 Å². The Hall–Kier alpha value is -1.06. The average molecular weight is 199 g/mol. The Labute approximate surface area is 84.2 Å². The van der Waals surface area contributed by atoms with Crippen LogP contribution in [-0.4, -0.2) is 37.0 Å². The molecular weight excluding hydrogens is 182 g/mol. The fourth-order valence-electron chi connectivity index (χ4n) is 1.68. The molecule has 0 aliphatic carbocycles. The van der Waals surface area contributed by atoms with Crippen molar-refractivity contribution < 1.29 is 14.3 Å². The molecule has 1 fully saturated rings. The molecule has 4 nitrogen and oxygen atoms in total. The highest BCUT2D eigenvalue weighted by atomic mass is 16.5. The van der Waals surface area contributed by atoms with Crippen molar-refractivity contribution in [1.29, 1.82) is 0 Å². The molecule has 1 amide bonds. The minimum atomic E-state index is -0.750. The van der Waals surface area contributed by atoms with Crippen molar-refractivity contribution in [3.63, 3.8) is 0 Å². The lowest BCUT2D eigenvalue weighted by Gasteiger charge is -2.18. The van der Waals surface area contributed by atoms with E-state index >= 15 is 0 Å². The molecule has 1 rings (SSSR count). The van der Waals surface area contributed by atoms with Gasteiger partial charge in [-0.2, -0.15) is 0 Å². The number of hydrogen-bond donors (Lipinski definition) is 0. The fraction of sp³-hybridized carbons (Fsp3) is 0.800. The second-order valence-corrected chi connectivity index (χ2v) is 3.82. The molecular formula is C10H17NO3. The largest absolute Gasteiger partial charge is 0.462 e. The van der Waals surface area contributed by atoms with Crippen molar-refractivity contribution in [2.75, 3.05) is 20.2 Å². The third-order valence-corrected chi connectivity index (χ3v) is 2.66. The number of rotatable bonds is 0. The van der Waals surface area contributed by atoms with Crippen LogP contribution in [0, 0.1) is 5.92 Å². The van der Waals surface area contributed by atoms with Gasteiger partial charge in [-0.05, 0) is 25.2 Å². The zero-order chi connectivity index (χ0) is 10.6. The number of methoxy groups -OCH3 is 1. The van der Waals surface area contributed by atoms with Crippen molar-refractivity contribution >= 4 is 11.9 Å². The minimum Gasteiger partial charge on any atom is -0.462 e. The number of carbonyl (C=O) groups excluding carboxylic acids is 2. The van der Waals surface area contributed by atoms with Crippen LogP contribution in [0.1, 0.15) is 26.2 Å². The van der Waals surface area contributed by atoms with Crippen LogP contribution in [0.5, 0.6) is 0 Å². The van der Waals surface area contributed by atoms with E-state index < -0.39 is 11.9 Å². The van der Waals surface area contributed by atoms with Crippen LogP contribution in [0.4, 0.5) is 0 Å². The summed E-state index contributed by atoms with van der Waals surface area (Å²) < 4.78 is 4.40. The van der Waals surface area contributed by atoms with E-state index in [-0.39, 0.29) is 0 Å². The highest BCUT2D eigenvalue weighted by molar-refractivity contribution is 6.32. The summed E-state index contributed by atoms with van der Waals surface area (Å²) in [6, 6.07) is 0. The monoisotopic (exact) mass is 199 g/mol.